The highest BCUT2D eigenvalue weighted by atomic mass is 32.1. The molecule has 1 aromatic heterocycles. The predicted octanol–water partition coefficient (Wildman–Crippen LogP) is 2.50. The van der Waals surface area contributed by atoms with E-state index in [9.17, 15) is 4.79 Å². The average molecular weight is 382 g/mol. The molecule has 27 heavy (non-hydrogen) atoms. The van der Waals surface area contributed by atoms with Gasteiger partial charge in [0, 0.05) is 16.9 Å². The van der Waals surface area contributed by atoms with Crippen molar-refractivity contribution in [2.45, 2.75) is 38.0 Å². The maximum absolute atomic E-state index is 13.7. The third kappa shape index (κ3) is 2.25. The highest BCUT2D eigenvalue weighted by Gasteiger charge is 2.55. The summed E-state index contributed by atoms with van der Waals surface area (Å²) in [4.78, 5) is 13.7. The summed E-state index contributed by atoms with van der Waals surface area (Å²) in [5, 5.41) is 10.7. The van der Waals surface area contributed by atoms with E-state index in [2.05, 4.69) is 39.3 Å². The Balaban J connectivity index is 1.45. The summed E-state index contributed by atoms with van der Waals surface area (Å²) < 4.78 is 0. The smallest absolute Gasteiger partial charge is 0.274 e. The number of amides is 1. The first-order valence-electron chi connectivity index (χ1n) is 9.65. The van der Waals surface area contributed by atoms with Crippen molar-refractivity contribution in [1.29, 1.82) is 0 Å². The molecule has 6 rings (SSSR count). The van der Waals surface area contributed by atoms with Crippen LogP contribution >= 0.6 is 11.3 Å². The number of thiophene rings is 1. The zero-order chi connectivity index (χ0) is 18.0. The Bertz CT molecular complexity index is 886. The number of nitrogens with zero attached hydrogens (tertiary/aromatic N) is 2. The van der Waals surface area contributed by atoms with Crippen molar-refractivity contribution in [3.05, 3.63) is 41.3 Å². The van der Waals surface area contributed by atoms with Crippen molar-refractivity contribution in [1.82, 2.24) is 26.6 Å². The van der Waals surface area contributed by atoms with Crippen LogP contribution in [0.3, 0.4) is 0 Å². The molecule has 4 unspecified atom stereocenters. The quantitative estimate of drug-likeness (QED) is 0.608. The Kier molecular flexibility index (Phi) is 3.57. The lowest BCUT2D eigenvalue weighted by molar-refractivity contribution is -0.157. The lowest BCUT2D eigenvalue weighted by Crippen LogP contribution is -2.71. The van der Waals surface area contributed by atoms with E-state index in [4.69, 9.17) is 0 Å². The molecule has 3 aliphatic heterocycles. The molecule has 1 aliphatic carbocycles. The Morgan fingerprint density at radius 2 is 1.81 bits per heavy atom. The first-order chi connectivity index (χ1) is 13.3. The highest BCUT2D eigenvalue weighted by Crippen LogP contribution is 2.47. The van der Waals surface area contributed by atoms with Crippen molar-refractivity contribution in [2.75, 3.05) is 5.32 Å². The second kappa shape index (κ2) is 6.02. The van der Waals surface area contributed by atoms with E-state index in [1.807, 2.05) is 28.3 Å². The van der Waals surface area contributed by atoms with Crippen LogP contribution in [0.25, 0.3) is 11.1 Å². The van der Waals surface area contributed by atoms with Crippen molar-refractivity contribution >= 4 is 22.2 Å². The number of benzene rings is 1. The normalized spacial score (nSPS) is 32.3. The van der Waals surface area contributed by atoms with Crippen LogP contribution in [-0.2, 0) is 0 Å². The van der Waals surface area contributed by atoms with E-state index in [1.165, 1.54) is 19.3 Å². The Morgan fingerprint density at radius 3 is 2.63 bits per heavy atom. The zero-order valence-electron chi connectivity index (χ0n) is 14.8. The van der Waals surface area contributed by atoms with Gasteiger partial charge in [-0.15, -0.1) is 16.5 Å². The maximum atomic E-state index is 13.7. The van der Waals surface area contributed by atoms with Gasteiger partial charge in [-0.25, -0.2) is 10.4 Å². The van der Waals surface area contributed by atoms with E-state index < -0.39 is 0 Å². The number of rotatable bonds is 1. The van der Waals surface area contributed by atoms with Crippen molar-refractivity contribution < 1.29 is 4.79 Å². The number of carbonyl (C=O) groups is 1. The molecule has 1 aromatic carbocycles. The number of nitrogens with one attached hydrogen (secondary N) is 4. The molecule has 3 fully saturated rings. The molecule has 4 atom stereocenters. The minimum absolute atomic E-state index is 0.00280. The largest absolute Gasteiger partial charge is 0.355 e. The van der Waals surface area contributed by atoms with Crippen LogP contribution in [0.5, 0.6) is 0 Å². The molecule has 4 aliphatic rings. The van der Waals surface area contributed by atoms with Gasteiger partial charge in [-0.3, -0.25) is 4.79 Å². The van der Waals surface area contributed by atoms with Crippen LogP contribution in [0.15, 0.2) is 35.7 Å². The summed E-state index contributed by atoms with van der Waals surface area (Å²) in [7, 11) is 0. The Morgan fingerprint density at radius 1 is 1.04 bits per heavy atom. The van der Waals surface area contributed by atoms with E-state index in [0.29, 0.717) is 11.8 Å². The van der Waals surface area contributed by atoms with E-state index in [0.717, 1.165) is 28.1 Å². The number of anilines is 1. The van der Waals surface area contributed by atoms with Gasteiger partial charge >= 0.3 is 0 Å². The van der Waals surface area contributed by atoms with Gasteiger partial charge in [0.15, 0.2) is 0 Å². The number of carbonyl (C=O) groups excluding carboxylic acids is 1. The van der Waals surface area contributed by atoms with Gasteiger partial charge < -0.3 is 5.32 Å². The van der Waals surface area contributed by atoms with Gasteiger partial charge in [-0.05, 0) is 24.3 Å². The topological polar surface area (TPSA) is 71.7 Å². The number of hydrazine groups is 4. The van der Waals surface area contributed by atoms with Gasteiger partial charge in [0.1, 0.15) is 17.3 Å². The standard InChI is InChI=1S/C19H22N6OS/c26-19-15-14(11-6-2-1-3-7-11)10-27-18(15)20-16-12-8-4-5-9-13(12)17-21-22-23-25(17)24(16)19/h1-3,6-7,10,12-13,16-17,20-23H,4-5,8-9H2. The van der Waals surface area contributed by atoms with Gasteiger partial charge in [-0.1, -0.05) is 43.2 Å². The fourth-order valence-corrected chi connectivity index (χ4v) is 6.20. The first-order valence-corrected chi connectivity index (χ1v) is 10.5. The predicted molar refractivity (Wildman–Crippen MR) is 104 cm³/mol. The molecule has 7 nitrogen and oxygen atoms in total. The molecule has 4 N–H and O–H groups in total. The molecule has 4 heterocycles. The van der Waals surface area contributed by atoms with Crippen molar-refractivity contribution in [3.8, 4) is 11.1 Å². The maximum Gasteiger partial charge on any atom is 0.274 e. The Hall–Kier alpha value is -1.97. The van der Waals surface area contributed by atoms with Crippen LogP contribution in [0.4, 0.5) is 5.00 Å². The molecule has 140 valence electrons. The molecule has 1 saturated carbocycles. The summed E-state index contributed by atoms with van der Waals surface area (Å²) in [6.45, 7) is 0. The number of hydrogen-bond acceptors (Lipinski definition) is 7. The molecular formula is C19H22N6OS. The second-order valence-electron chi connectivity index (χ2n) is 7.74. The van der Waals surface area contributed by atoms with Crippen LogP contribution in [0.2, 0.25) is 0 Å². The average Bonchev–Trinajstić information content (AvgIpc) is 3.36. The van der Waals surface area contributed by atoms with Gasteiger partial charge in [0.25, 0.3) is 5.91 Å². The summed E-state index contributed by atoms with van der Waals surface area (Å²) in [5.74, 6) is 1.03. The molecule has 0 bridgehead atoms. The van der Waals surface area contributed by atoms with E-state index in [-0.39, 0.29) is 18.2 Å². The molecule has 0 spiro atoms. The lowest BCUT2D eigenvalue weighted by atomic mass is 9.74. The monoisotopic (exact) mass is 382 g/mol. The lowest BCUT2D eigenvalue weighted by Gasteiger charge is -2.54. The molecule has 1 amide bonds. The highest BCUT2D eigenvalue weighted by molar-refractivity contribution is 7.15. The minimum atomic E-state index is 0.00280. The van der Waals surface area contributed by atoms with Crippen LogP contribution in [0, 0.1) is 11.8 Å². The molecule has 0 radical (unpaired) electrons. The van der Waals surface area contributed by atoms with Gasteiger partial charge in [0.2, 0.25) is 0 Å². The zero-order valence-corrected chi connectivity index (χ0v) is 15.6. The molecule has 2 aromatic rings. The fraction of sp³-hybridized carbons (Fsp3) is 0.421. The third-order valence-corrected chi connectivity index (χ3v) is 7.32. The fourth-order valence-electron chi connectivity index (χ4n) is 5.21. The van der Waals surface area contributed by atoms with Crippen LogP contribution in [0.1, 0.15) is 36.0 Å². The van der Waals surface area contributed by atoms with Crippen LogP contribution < -0.4 is 21.8 Å². The minimum Gasteiger partial charge on any atom is -0.355 e. The number of hydrogen-bond donors (Lipinski definition) is 4. The first kappa shape index (κ1) is 16.0. The van der Waals surface area contributed by atoms with E-state index in [1.54, 1.807) is 11.3 Å². The van der Waals surface area contributed by atoms with Crippen molar-refractivity contribution in [3.63, 3.8) is 0 Å². The third-order valence-electron chi connectivity index (χ3n) is 6.41. The van der Waals surface area contributed by atoms with Gasteiger partial charge in [0.05, 0.1) is 5.56 Å². The number of fused-ring (bicyclic) bond motifs is 7. The summed E-state index contributed by atoms with van der Waals surface area (Å²) >= 11 is 1.64. The molecular weight excluding hydrogens is 360 g/mol. The van der Waals surface area contributed by atoms with Crippen molar-refractivity contribution in [2.24, 2.45) is 11.8 Å². The SMILES string of the molecule is O=C1c2c(-c3ccccc3)csc2NC2C3CCCCC3C3NNNN3N12. The second-order valence-corrected chi connectivity index (χ2v) is 8.62. The van der Waals surface area contributed by atoms with Crippen LogP contribution in [-0.4, -0.2) is 28.4 Å². The summed E-state index contributed by atoms with van der Waals surface area (Å²) in [5.41, 5.74) is 12.4. The molecule has 8 heteroatoms. The summed E-state index contributed by atoms with van der Waals surface area (Å²) in [6, 6.07) is 10.2. The summed E-state index contributed by atoms with van der Waals surface area (Å²) in [6.07, 6.45) is 4.94. The molecule has 2 saturated heterocycles. The Labute approximate surface area is 161 Å². The van der Waals surface area contributed by atoms with Gasteiger partial charge in [-0.2, -0.15) is 11.1 Å². The van der Waals surface area contributed by atoms with E-state index >= 15 is 0 Å².